The smallest absolute Gasteiger partial charge is 0.233 e. The van der Waals surface area contributed by atoms with E-state index in [1.54, 1.807) is 12.1 Å². The normalized spacial score (nSPS) is 9.83. The first kappa shape index (κ1) is 14.8. The zero-order valence-electron chi connectivity index (χ0n) is 9.80. The highest BCUT2D eigenvalue weighted by atomic mass is 35.5. The van der Waals surface area contributed by atoms with Crippen molar-refractivity contribution in [1.29, 1.82) is 0 Å². The van der Waals surface area contributed by atoms with Crippen molar-refractivity contribution >= 4 is 29.1 Å². The average Bonchev–Trinajstić information content (AvgIpc) is 2.32. The van der Waals surface area contributed by atoms with E-state index in [0.717, 1.165) is 5.56 Å². The number of carbonyl (C=O) groups excluding carboxylic acids is 1. The number of halogens is 2. The van der Waals surface area contributed by atoms with Crippen molar-refractivity contribution < 1.29 is 4.79 Å². The lowest BCUT2D eigenvalue weighted by Crippen LogP contribution is -2.35. The third kappa shape index (κ3) is 5.42. The molecule has 0 spiro atoms. The van der Waals surface area contributed by atoms with Gasteiger partial charge in [0.25, 0.3) is 0 Å². The van der Waals surface area contributed by atoms with Crippen LogP contribution in [0.15, 0.2) is 18.2 Å². The minimum atomic E-state index is -0.0877. The fraction of sp³-hybridized carbons (Fsp3) is 0.308. The number of amides is 1. The van der Waals surface area contributed by atoms with E-state index in [1.807, 2.05) is 6.07 Å². The number of nitrogens with one attached hydrogen (secondary N) is 2. The highest BCUT2D eigenvalue weighted by Crippen LogP contribution is 2.20. The quantitative estimate of drug-likeness (QED) is 0.619. The third-order valence-corrected chi connectivity index (χ3v) is 2.83. The Bertz CT molecular complexity index is 455. The Morgan fingerprint density at radius 2 is 2.17 bits per heavy atom. The lowest BCUT2D eigenvalue weighted by Gasteiger charge is -2.07. The molecule has 0 aromatic heterocycles. The number of carbonyl (C=O) groups is 1. The molecule has 0 unspecified atom stereocenters. The molecule has 1 aromatic carbocycles. The van der Waals surface area contributed by atoms with Crippen molar-refractivity contribution in [1.82, 2.24) is 10.6 Å². The van der Waals surface area contributed by atoms with Gasteiger partial charge in [-0.15, -0.1) is 6.42 Å². The van der Waals surface area contributed by atoms with E-state index in [2.05, 4.69) is 16.6 Å². The topological polar surface area (TPSA) is 41.1 Å². The molecular weight excluding hydrogens is 271 g/mol. The van der Waals surface area contributed by atoms with Gasteiger partial charge >= 0.3 is 0 Å². The highest BCUT2D eigenvalue weighted by Gasteiger charge is 2.03. The van der Waals surface area contributed by atoms with E-state index in [1.165, 1.54) is 0 Å². The second kappa shape index (κ2) is 7.99. The maximum Gasteiger partial charge on any atom is 0.233 e. The van der Waals surface area contributed by atoms with E-state index in [0.29, 0.717) is 29.6 Å². The zero-order chi connectivity index (χ0) is 13.4. The molecule has 0 aliphatic carbocycles. The first-order valence-electron chi connectivity index (χ1n) is 5.48. The fourth-order valence-corrected chi connectivity index (χ4v) is 1.87. The Labute approximate surface area is 117 Å². The van der Waals surface area contributed by atoms with E-state index in [-0.39, 0.29) is 12.5 Å². The molecular formula is C13H14Cl2N2O. The van der Waals surface area contributed by atoms with Crippen LogP contribution in [0.2, 0.25) is 10.0 Å². The van der Waals surface area contributed by atoms with E-state index in [4.69, 9.17) is 29.6 Å². The van der Waals surface area contributed by atoms with Gasteiger partial charge in [0.1, 0.15) is 0 Å². The van der Waals surface area contributed by atoms with Crippen LogP contribution in [-0.4, -0.2) is 25.5 Å². The molecule has 1 aromatic rings. The molecule has 96 valence electrons. The summed E-state index contributed by atoms with van der Waals surface area (Å²) in [4.78, 5) is 11.4. The molecule has 0 aliphatic rings. The molecule has 0 atom stereocenters. The predicted octanol–water partition coefficient (Wildman–Crippen LogP) is 1.87. The molecule has 1 rings (SSSR count). The van der Waals surface area contributed by atoms with Gasteiger partial charge in [-0.25, -0.2) is 0 Å². The van der Waals surface area contributed by atoms with Gasteiger partial charge in [0, 0.05) is 16.6 Å². The lowest BCUT2D eigenvalue weighted by atomic mass is 10.1. The third-order valence-electron chi connectivity index (χ3n) is 2.24. The van der Waals surface area contributed by atoms with Crippen LogP contribution >= 0.6 is 23.2 Å². The average molecular weight is 285 g/mol. The van der Waals surface area contributed by atoms with Gasteiger partial charge in [0.2, 0.25) is 5.91 Å². The second-order valence-corrected chi connectivity index (χ2v) is 4.49. The van der Waals surface area contributed by atoms with Gasteiger partial charge in [-0.1, -0.05) is 35.2 Å². The van der Waals surface area contributed by atoms with E-state index in [9.17, 15) is 4.79 Å². The van der Waals surface area contributed by atoms with Gasteiger partial charge in [0.05, 0.1) is 13.1 Å². The Morgan fingerprint density at radius 1 is 1.39 bits per heavy atom. The minimum absolute atomic E-state index is 0.0877. The predicted molar refractivity (Wildman–Crippen MR) is 74.9 cm³/mol. The van der Waals surface area contributed by atoms with Gasteiger partial charge < -0.3 is 5.32 Å². The molecule has 3 nitrogen and oxygen atoms in total. The van der Waals surface area contributed by atoms with Crippen LogP contribution in [0, 0.1) is 12.3 Å². The SMILES string of the molecule is C#CCNCC(=O)NCCc1ccc(Cl)cc1Cl. The van der Waals surface area contributed by atoms with Gasteiger partial charge in [0.15, 0.2) is 0 Å². The summed E-state index contributed by atoms with van der Waals surface area (Å²) in [6, 6.07) is 5.32. The zero-order valence-corrected chi connectivity index (χ0v) is 11.3. The van der Waals surface area contributed by atoms with Crippen molar-refractivity contribution in [2.24, 2.45) is 0 Å². The molecule has 0 bridgehead atoms. The molecule has 0 saturated heterocycles. The summed E-state index contributed by atoms with van der Waals surface area (Å²) >= 11 is 11.8. The van der Waals surface area contributed by atoms with E-state index < -0.39 is 0 Å². The minimum Gasteiger partial charge on any atom is -0.355 e. The van der Waals surface area contributed by atoms with Crippen LogP contribution in [-0.2, 0) is 11.2 Å². The van der Waals surface area contributed by atoms with Crippen molar-refractivity contribution in [2.75, 3.05) is 19.6 Å². The van der Waals surface area contributed by atoms with E-state index >= 15 is 0 Å². The summed E-state index contributed by atoms with van der Waals surface area (Å²) in [5.74, 6) is 2.31. The monoisotopic (exact) mass is 284 g/mol. The first-order chi connectivity index (χ1) is 8.63. The molecule has 1 amide bonds. The molecule has 2 N–H and O–H groups in total. The maximum absolute atomic E-state index is 11.4. The van der Waals surface area contributed by atoms with Crippen LogP contribution in [0.3, 0.4) is 0 Å². The number of hydrogen-bond acceptors (Lipinski definition) is 2. The standard InChI is InChI=1S/C13H14Cl2N2O/c1-2-6-16-9-13(18)17-7-5-10-3-4-11(14)8-12(10)15/h1,3-4,8,16H,5-7,9H2,(H,17,18). The Balaban J connectivity index is 2.29. The number of rotatable bonds is 6. The summed E-state index contributed by atoms with van der Waals surface area (Å²) in [6.45, 7) is 1.13. The van der Waals surface area contributed by atoms with Crippen LogP contribution in [0.5, 0.6) is 0 Å². The van der Waals surface area contributed by atoms with Crippen molar-refractivity contribution in [3.8, 4) is 12.3 Å². The molecule has 18 heavy (non-hydrogen) atoms. The van der Waals surface area contributed by atoms with Gasteiger partial charge in [-0.2, -0.15) is 0 Å². The summed E-state index contributed by atoms with van der Waals surface area (Å²) in [5.41, 5.74) is 0.956. The largest absolute Gasteiger partial charge is 0.355 e. The Kier molecular flexibility index (Phi) is 6.59. The summed E-state index contributed by atoms with van der Waals surface area (Å²) in [6.07, 6.45) is 5.71. The summed E-state index contributed by atoms with van der Waals surface area (Å²) in [7, 11) is 0. The number of hydrogen-bond donors (Lipinski definition) is 2. The lowest BCUT2D eigenvalue weighted by molar-refractivity contribution is -0.120. The second-order valence-electron chi connectivity index (χ2n) is 3.64. The van der Waals surface area contributed by atoms with Gasteiger partial charge in [-0.3, -0.25) is 10.1 Å². The molecule has 0 radical (unpaired) electrons. The van der Waals surface area contributed by atoms with Crippen molar-refractivity contribution in [3.63, 3.8) is 0 Å². The maximum atomic E-state index is 11.4. The van der Waals surface area contributed by atoms with Crippen LogP contribution in [0.4, 0.5) is 0 Å². The van der Waals surface area contributed by atoms with Gasteiger partial charge in [-0.05, 0) is 24.1 Å². The highest BCUT2D eigenvalue weighted by molar-refractivity contribution is 6.35. The molecule has 5 heteroatoms. The fourth-order valence-electron chi connectivity index (χ4n) is 1.37. The Morgan fingerprint density at radius 3 is 2.83 bits per heavy atom. The van der Waals surface area contributed by atoms with Crippen LogP contribution < -0.4 is 10.6 Å². The van der Waals surface area contributed by atoms with Crippen molar-refractivity contribution in [3.05, 3.63) is 33.8 Å². The molecule has 0 aliphatic heterocycles. The first-order valence-corrected chi connectivity index (χ1v) is 6.24. The van der Waals surface area contributed by atoms with Crippen LogP contribution in [0.25, 0.3) is 0 Å². The Hall–Kier alpha value is -1.21. The molecule has 0 saturated carbocycles. The number of benzene rings is 1. The van der Waals surface area contributed by atoms with Crippen LogP contribution in [0.1, 0.15) is 5.56 Å². The summed E-state index contributed by atoms with van der Waals surface area (Å²) < 4.78 is 0. The molecule has 0 fully saturated rings. The van der Waals surface area contributed by atoms with Crippen molar-refractivity contribution in [2.45, 2.75) is 6.42 Å². The molecule has 0 heterocycles. The number of terminal acetylenes is 1. The summed E-state index contributed by atoms with van der Waals surface area (Å²) in [5, 5.41) is 6.80.